The van der Waals surface area contributed by atoms with E-state index in [9.17, 15) is 14.0 Å². The molecule has 8 nitrogen and oxygen atoms in total. The van der Waals surface area contributed by atoms with E-state index in [1.54, 1.807) is 35.1 Å². The van der Waals surface area contributed by atoms with Crippen LogP contribution in [-0.2, 0) is 11.3 Å². The second-order valence-corrected chi connectivity index (χ2v) is 6.68. The van der Waals surface area contributed by atoms with Gasteiger partial charge in [0.05, 0.1) is 5.69 Å². The first-order valence-corrected chi connectivity index (χ1v) is 8.99. The van der Waals surface area contributed by atoms with Gasteiger partial charge in [0.2, 0.25) is 5.91 Å². The molecular weight excluding hydrogens is 363 g/mol. The molecular formula is C19H19FN6O2. The van der Waals surface area contributed by atoms with E-state index in [1.807, 2.05) is 13.8 Å². The summed E-state index contributed by atoms with van der Waals surface area (Å²) in [4.78, 5) is 24.7. The van der Waals surface area contributed by atoms with E-state index in [-0.39, 0.29) is 24.3 Å². The van der Waals surface area contributed by atoms with Crippen molar-refractivity contribution in [2.75, 3.05) is 0 Å². The van der Waals surface area contributed by atoms with E-state index < -0.39 is 5.69 Å². The molecule has 4 rings (SSSR count). The third-order valence-corrected chi connectivity index (χ3v) is 4.65. The highest BCUT2D eigenvalue weighted by molar-refractivity contribution is 5.77. The zero-order valence-corrected chi connectivity index (χ0v) is 15.5. The molecule has 0 aliphatic rings. The molecule has 0 aliphatic carbocycles. The summed E-state index contributed by atoms with van der Waals surface area (Å²) < 4.78 is 17.3. The second-order valence-electron chi connectivity index (χ2n) is 6.68. The lowest BCUT2D eigenvalue weighted by atomic mass is 10.1. The number of hydrogen-bond donors (Lipinski definition) is 1. The summed E-state index contributed by atoms with van der Waals surface area (Å²) in [5.41, 5.74) is 1.98. The fourth-order valence-electron chi connectivity index (χ4n) is 2.96. The number of aromatic nitrogens is 5. The number of carbonyl (C=O) groups is 1. The molecule has 28 heavy (non-hydrogen) atoms. The summed E-state index contributed by atoms with van der Waals surface area (Å²) in [5, 5.41) is 11.6. The lowest BCUT2D eigenvalue weighted by Crippen LogP contribution is -2.37. The van der Waals surface area contributed by atoms with Gasteiger partial charge in [-0.2, -0.15) is 5.10 Å². The van der Waals surface area contributed by atoms with Gasteiger partial charge in [-0.1, -0.05) is 6.92 Å². The van der Waals surface area contributed by atoms with Gasteiger partial charge in [0.25, 0.3) is 0 Å². The summed E-state index contributed by atoms with van der Waals surface area (Å²) >= 11 is 0. The second kappa shape index (κ2) is 6.91. The number of fused-ring (bicyclic) bond motifs is 3. The van der Waals surface area contributed by atoms with Crippen LogP contribution in [0.25, 0.3) is 22.4 Å². The third-order valence-electron chi connectivity index (χ3n) is 4.65. The Balaban J connectivity index is 1.74. The minimum atomic E-state index is -0.402. The number of carbonyl (C=O) groups excluding carboxylic acids is 1. The number of rotatable bonds is 5. The molecule has 1 aromatic carbocycles. The molecule has 0 saturated heterocycles. The minimum Gasteiger partial charge on any atom is -0.352 e. The van der Waals surface area contributed by atoms with Gasteiger partial charge in [-0.3, -0.25) is 4.79 Å². The van der Waals surface area contributed by atoms with Crippen LogP contribution in [0.4, 0.5) is 4.39 Å². The van der Waals surface area contributed by atoms with Gasteiger partial charge >= 0.3 is 5.69 Å². The van der Waals surface area contributed by atoms with Crippen LogP contribution in [0.5, 0.6) is 0 Å². The Morgan fingerprint density at radius 2 is 1.96 bits per heavy atom. The molecule has 0 bridgehead atoms. The molecule has 0 saturated carbocycles. The molecule has 9 heteroatoms. The standard InChI is InChI=1S/C19H19FN6O2/c1-3-12(2)21-17(27)11-26-19(28)24-8-9-25-16(18(24)23-26)10-15(22-25)13-4-6-14(20)7-5-13/h4-10,12H,3,11H2,1-2H3,(H,21,27). The Morgan fingerprint density at radius 3 is 2.68 bits per heavy atom. The van der Waals surface area contributed by atoms with Crippen LogP contribution in [0.3, 0.4) is 0 Å². The van der Waals surface area contributed by atoms with Crippen molar-refractivity contribution in [1.29, 1.82) is 0 Å². The lowest BCUT2D eigenvalue weighted by molar-refractivity contribution is -0.122. The summed E-state index contributed by atoms with van der Waals surface area (Å²) in [5.74, 6) is -0.591. The largest absolute Gasteiger partial charge is 0.352 e. The van der Waals surface area contributed by atoms with E-state index in [4.69, 9.17) is 0 Å². The van der Waals surface area contributed by atoms with E-state index in [0.29, 0.717) is 16.9 Å². The van der Waals surface area contributed by atoms with Gasteiger partial charge in [0, 0.05) is 24.0 Å². The molecule has 4 aromatic rings. The Hall–Kier alpha value is -3.49. The Kier molecular flexibility index (Phi) is 4.42. The summed E-state index contributed by atoms with van der Waals surface area (Å²) in [6, 6.07) is 7.81. The molecule has 1 amide bonds. The van der Waals surface area contributed by atoms with Crippen LogP contribution < -0.4 is 11.0 Å². The van der Waals surface area contributed by atoms with Gasteiger partial charge in [-0.15, -0.1) is 5.10 Å². The highest BCUT2D eigenvalue weighted by Gasteiger charge is 2.16. The molecule has 0 fully saturated rings. The Morgan fingerprint density at radius 1 is 1.21 bits per heavy atom. The number of benzene rings is 1. The molecule has 1 unspecified atom stereocenters. The molecule has 0 aliphatic heterocycles. The predicted octanol–water partition coefficient (Wildman–Crippen LogP) is 1.86. The first-order valence-electron chi connectivity index (χ1n) is 8.99. The molecule has 1 atom stereocenters. The molecule has 3 heterocycles. The van der Waals surface area contributed by atoms with Crippen LogP contribution in [0, 0.1) is 5.82 Å². The number of amides is 1. The fraction of sp³-hybridized carbons (Fsp3) is 0.263. The maximum absolute atomic E-state index is 13.2. The van der Waals surface area contributed by atoms with Crippen LogP contribution >= 0.6 is 0 Å². The van der Waals surface area contributed by atoms with Gasteiger partial charge in [-0.05, 0) is 43.7 Å². The van der Waals surface area contributed by atoms with Gasteiger partial charge in [-0.25, -0.2) is 22.8 Å². The number of halogens is 1. The maximum atomic E-state index is 13.2. The molecule has 1 N–H and O–H groups in total. The molecule has 3 aromatic heterocycles. The molecule has 144 valence electrons. The van der Waals surface area contributed by atoms with Gasteiger partial charge < -0.3 is 5.32 Å². The van der Waals surface area contributed by atoms with Crippen molar-refractivity contribution in [3.8, 4) is 11.3 Å². The summed E-state index contributed by atoms with van der Waals surface area (Å²) in [6.45, 7) is 3.71. The maximum Gasteiger partial charge on any atom is 0.350 e. The van der Waals surface area contributed by atoms with Crippen molar-refractivity contribution in [2.24, 2.45) is 0 Å². The SMILES string of the molecule is CCC(C)NC(=O)Cn1nc2c3cc(-c4ccc(F)cc4)nn3ccn2c1=O. The molecule has 0 spiro atoms. The molecule has 0 radical (unpaired) electrons. The number of hydrogen-bond acceptors (Lipinski definition) is 4. The van der Waals surface area contributed by atoms with Crippen molar-refractivity contribution in [3.63, 3.8) is 0 Å². The van der Waals surface area contributed by atoms with Gasteiger partial charge in [0.1, 0.15) is 17.9 Å². The highest BCUT2D eigenvalue weighted by Crippen LogP contribution is 2.21. The fourth-order valence-corrected chi connectivity index (χ4v) is 2.96. The Labute approximate surface area is 159 Å². The summed E-state index contributed by atoms with van der Waals surface area (Å²) in [7, 11) is 0. The average molecular weight is 382 g/mol. The quantitative estimate of drug-likeness (QED) is 0.571. The van der Waals surface area contributed by atoms with Crippen molar-refractivity contribution < 1.29 is 9.18 Å². The Bertz CT molecular complexity index is 1220. The zero-order valence-electron chi connectivity index (χ0n) is 15.5. The topological polar surface area (TPSA) is 85.7 Å². The van der Waals surface area contributed by atoms with E-state index in [0.717, 1.165) is 16.7 Å². The minimum absolute atomic E-state index is 0.0278. The normalized spacial score (nSPS) is 12.5. The highest BCUT2D eigenvalue weighted by atomic mass is 19.1. The van der Waals surface area contributed by atoms with E-state index in [2.05, 4.69) is 15.5 Å². The first-order chi connectivity index (χ1) is 13.5. The van der Waals surface area contributed by atoms with Crippen molar-refractivity contribution >= 4 is 17.1 Å². The zero-order chi connectivity index (χ0) is 19.8. The van der Waals surface area contributed by atoms with Crippen LogP contribution in [0.1, 0.15) is 20.3 Å². The number of nitrogens with zero attached hydrogens (tertiary/aromatic N) is 5. The summed E-state index contributed by atoms with van der Waals surface area (Å²) in [6.07, 6.45) is 4.00. The van der Waals surface area contributed by atoms with Crippen molar-refractivity contribution in [2.45, 2.75) is 32.9 Å². The van der Waals surface area contributed by atoms with Gasteiger partial charge in [0.15, 0.2) is 5.65 Å². The van der Waals surface area contributed by atoms with Crippen LogP contribution in [-0.4, -0.2) is 35.7 Å². The van der Waals surface area contributed by atoms with Crippen molar-refractivity contribution in [3.05, 3.63) is 59.0 Å². The monoisotopic (exact) mass is 382 g/mol. The first kappa shape index (κ1) is 17.9. The third kappa shape index (κ3) is 3.15. The van der Waals surface area contributed by atoms with Crippen LogP contribution in [0.15, 0.2) is 47.5 Å². The predicted molar refractivity (Wildman–Crippen MR) is 101 cm³/mol. The van der Waals surface area contributed by atoms with Crippen LogP contribution in [0.2, 0.25) is 0 Å². The average Bonchev–Trinajstić information content (AvgIpc) is 3.24. The van der Waals surface area contributed by atoms with E-state index >= 15 is 0 Å². The smallest absolute Gasteiger partial charge is 0.350 e. The van der Waals surface area contributed by atoms with E-state index in [1.165, 1.54) is 16.5 Å². The lowest BCUT2D eigenvalue weighted by Gasteiger charge is -2.10. The number of nitrogens with one attached hydrogen (secondary N) is 1. The van der Waals surface area contributed by atoms with Crippen molar-refractivity contribution in [1.82, 2.24) is 29.1 Å².